The van der Waals surface area contributed by atoms with Gasteiger partial charge in [0.2, 0.25) is 5.91 Å². The minimum atomic E-state index is 0.258. The molecule has 0 radical (unpaired) electrons. The molecule has 0 aliphatic carbocycles. The number of amides is 1. The lowest BCUT2D eigenvalue weighted by Crippen LogP contribution is -2.43. The summed E-state index contributed by atoms with van der Waals surface area (Å²) in [6.07, 6.45) is 7.01. The van der Waals surface area contributed by atoms with E-state index in [4.69, 9.17) is 0 Å². The summed E-state index contributed by atoms with van der Waals surface area (Å²) in [7, 11) is 0. The lowest BCUT2D eigenvalue weighted by Gasteiger charge is -2.30. The van der Waals surface area contributed by atoms with Crippen LogP contribution in [0.1, 0.15) is 44.6 Å². The summed E-state index contributed by atoms with van der Waals surface area (Å²) in [5.41, 5.74) is 2.44. The summed E-state index contributed by atoms with van der Waals surface area (Å²) in [6, 6.07) is 8.44. The Balaban J connectivity index is 1.90. The van der Waals surface area contributed by atoms with Crippen molar-refractivity contribution in [3.63, 3.8) is 0 Å². The first-order valence-electron chi connectivity index (χ1n) is 6.70. The third-order valence-corrected chi connectivity index (χ3v) is 3.39. The van der Waals surface area contributed by atoms with E-state index in [0.717, 1.165) is 18.7 Å². The highest BCUT2D eigenvalue weighted by Gasteiger charge is 2.24. The van der Waals surface area contributed by atoms with Gasteiger partial charge in [-0.15, -0.1) is 0 Å². The Bertz CT molecular complexity index is 386. The molecule has 0 aromatic heterocycles. The van der Waals surface area contributed by atoms with Crippen molar-refractivity contribution < 1.29 is 4.79 Å². The van der Waals surface area contributed by atoms with E-state index < -0.39 is 0 Å². The fourth-order valence-electron chi connectivity index (χ4n) is 2.22. The van der Waals surface area contributed by atoms with Crippen molar-refractivity contribution in [3.8, 4) is 0 Å². The van der Waals surface area contributed by atoms with E-state index in [1.165, 1.54) is 31.2 Å². The Morgan fingerprint density at radius 1 is 1.24 bits per heavy atom. The molecule has 0 saturated carbocycles. The molecule has 2 rings (SSSR count). The van der Waals surface area contributed by atoms with Crippen LogP contribution in [0.15, 0.2) is 24.3 Å². The summed E-state index contributed by atoms with van der Waals surface area (Å²) < 4.78 is 0. The van der Waals surface area contributed by atoms with Gasteiger partial charge in [0.1, 0.15) is 0 Å². The van der Waals surface area contributed by atoms with Crippen molar-refractivity contribution in [1.29, 1.82) is 0 Å². The molecule has 0 atom stereocenters. The quantitative estimate of drug-likeness (QED) is 0.541. The van der Waals surface area contributed by atoms with Crippen LogP contribution in [0.4, 0.5) is 5.69 Å². The van der Waals surface area contributed by atoms with Crippen LogP contribution < -0.4 is 4.90 Å². The smallest absolute Gasteiger partial charge is 0.228 e. The monoisotopic (exact) mass is 231 g/mol. The maximum Gasteiger partial charge on any atom is 0.228 e. The average Bonchev–Trinajstić information content (AvgIpc) is 2.33. The molecule has 0 N–H and O–H groups in total. The third kappa shape index (κ3) is 3.09. The predicted molar refractivity (Wildman–Crippen MR) is 71.3 cm³/mol. The van der Waals surface area contributed by atoms with E-state index in [9.17, 15) is 4.79 Å². The second-order valence-corrected chi connectivity index (χ2v) is 4.78. The van der Waals surface area contributed by atoms with Crippen LogP contribution in [-0.2, 0) is 11.2 Å². The Morgan fingerprint density at radius 3 is 2.76 bits per heavy atom. The van der Waals surface area contributed by atoms with Crippen molar-refractivity contribution in [2.75, 3.05) is 11.4 Å². The zero-order chi connectivity index (χ0) is 12.1. The number of carbonyl (C=O) groups is 1. The third-order valence-electron chi connectivity index (χ3n) is 3.39. The Kier molecular flexibility index (Phi) is 4.18. The molecule has 1 amide bonds. The maximum absolute atomic E-state index is 11.4. The first-order valence-corrected chi connectivity index (χ1v) is 6.70. The van der Waals surface area contributed by atoms with E-state index in [2.05, 4.69) is 25.1 Å². The number of benzene rings is 1. The van der Waals surface area contributed by atoms with Gasteiger partial charge in [0.15, 0.2) is 0 Å². The normalized spacial score (nSPS) is 14.9. The zero-order valence-electron chi connectivity index (χ0n) is 10.6. The first kappa shape index (κ1) is 12.2. The molecule has 1 aliphatic heterocycles. The molecule has 1 heterocycles. The Hall–Kier alpha value is -1.31. The van der Waals surface area contributed by atoms with Crippen LogP contribution >= 0.6 is 0 Å². The molecule has 92 valence electrons. The van der Waals surface area contributed by atoms with Crippen molar-refractivity contribution in [2.24, 2.45) is 0 Å². The zero-order valence-corrected chi connectivity index (χ0v) is 10.6. The molecule has 0 bridgehead atoms. The number of anilines is 1. The molecule has 1 aromatic rings. The van der Waals surface area contributed by atoms with Gasteiger partial charge in [-0.1, -0.05) is 38.3 Å². The molecule has 1 saturated heterocycles. The van der Waals surface area contributed by atoms with Gasteiger partial charge >= 0.3 is 0 Å². The van der Waals surface area contributed by atoms with Crippen molar-refractivity contribution >= 4 is 11.6 Å². The minimum Gasteiger partial charge on any atom is -0.312 e. The van der Waals surface area contributed by atoms with E-state index in [0.29, 0.717) is 6.42 Å². The standard InChI is InChI=1S/C15H21NO/c1-2-3-4-5-7-13-8-6-9-14(12-13)16-11-10-15(16)17/h6,8-9,12H,2-5,7,10-11H2,1H3. The maximum atomic E-state index is 11.4. The first-order chi connectivity index (χ1) is 8.31. The summed E-state index contributed by atoms with van der Waals surface area (Å²) in [5, 5.41) is 0. The van der Waals surface area contributed by atoms with E-state index in [1.54, 1.807) is 0 Å². The van der Waals surface area contributed by atoms with Gasteiger partial charge in [-0.25, -0.2) is 0 Å². The Labute approximate surface area is 104 Å². The van der Waals surface area contributed by atoms with Gasteiger partial charge in [0.05, 0.1) is 0 Å². The summed E-state index contributed by atoms with van der Waals surface area (Å²) in [4.78, 5) is 13.2. The molecule has 2 nitrogen and oxygen atoms in total. The number of β-lactam (4-membered cyclic amide) rings is 1. The molecular weight excluding hydrogens is 210 g/mol. The van der Waals surface area contributed by atoms with Crippen LogP contribution in [0.2, 0.25) is 0 Å². The lowest BCUT2D eigenvalue weighted by molar-refractivity contribution is -0.122. The van der Waals surface area contributed by atoms with Gasteiger partial charge in [0, 0.05) is 18.7 Å². The van der Waals surface area contributed by atoms with Crippen molar-refractivity contribution in [1.82, 2.24) is 0 Å². The number of hydrogen-bond donors (Lipinski definition) is 0. The van der Waals surface area contributed by atoms with Gasteiger partial charge in [-0.3, -0.25) is 4.79 Å². The number of rotatable bonds is 6. The van der Waals surface area contributed by atoms with Gasteiger partial charge in [0.25, 0.3) is 0 Å². The molecule has 17 heavy (non-hydrogen) atoms. The number of unbranched alkanes of at least 4 members (excludes halogenated alkanes) is 3. The number of nitrogens with zero attached hydrogens (tertiary/aromatic N) is 1. The Morgan fingerprint density at radius 2 is 2.12 bits per heavy atom. The van der Waals surface area contributed by atoms with Crippen LogP contribution in [0.5, 0.6) is 0 Å². The lowest BCUT2D eigenvalue weighted by atomic mass is 10.0. The van der Waals surface area contributed by atoms with Gasteiger partial charge < -0.3 is 4.90 Å². The molecule has 0 unspecified atom stereocenters. The average molecular weight is 231 g/mol. The second-order valence-electron chi connectivity index (χ2n) is 4.78. The van der Waals surface area contributed by atoms with Crippen molar-refractivity contribution in [2.45, 2.75) is 45.4 Å². The largest absolute Gasteiger partial charge is 0.312 e. The molecular formula is C15H21NO. The fraction of sp³-hybridized carbons (Fsp3) is 0.533. The van der Waals surface area contributed by atoms with Gasteiger partial charge in [-0.2, -0.15) is 0 Å². The fourth-order valence-corrected chi connectivity index (χ4v) is 2.22. The summed E-state index contributed by atoms with van der Waals surface area (Å²) in [5.74, 6) is 0.258. The number of hydrogen-bond acceptors (Lipinski definition) is 1. The van der Waals surface area contributed by atoms with Gasteiger partial charge in [-0.05, 0) is 30.5 Å². The second kappa shape index (κ2) is 5.85. The topological polar surface area (TPSA) is 20.3 Å². The SMILES string of the molecule is CCCCCCc1cccc(N2CCC2=O)c1. The number of aryl methyl sites for hydroxylation is 1. The summed E-state index contributed by atoms with van der Waals surface area (Å²) >= 11 is 0. The number of carbonyl (C=O) groups excluding carboxylic acids is 1. The molecule has 1 aliphatic rings. The highest BCUT2D eigenvalue weighted by Crippen LogP contribution is 2.23. The van der Waals surface area contributed by atoms with Crippen LogP contribution in [0, 0.1) is 0 Å². The molecule has 1 aromatic carbocycles. The molecule has 1 fully saturated rings. The van der Waals surface area contributed by atoms with Crippen LogP contribution in [-0.4, -0.2) is 12.5 Å². The van der Waals surface area contributed by atoms with Crippen LogP contribution in [0.25, 0.3) is 0 Å². The molecule has 2 heteroatoms. The highest BCUT2D eigenvalue weighted by atomic mass is 16.2. The van der Waals surface area contributed by atoms with E-state index >= 15 is 0 Å². The van der Waals surface area contributed by atoms with Crippen LogP contribution in [0.3, 0.4) is 0 Å². The van der Waals surface area contributed by atoms with E-state index in [1.807, 2.05) is 11.0 Å². The predicted octanol–water partition coefficient (Wildman–Crippen LogP) is 3.55. The van der Waals surface area contributed by atoms with E-state index in [-0.39, 0.29) is 5.91 Å². The summed E-state index contributed by atoms with van der Waals surface area (Å²) in [6.45, 7) is 3.12. The molecule has 0 spiro atoms. The highest BCUT2D eigenvalue weighted by molar-refractivity contribution is 5.99. The minimum absolute atomic E-state index is 0.258. The van der Waals surface area contributed by atoms with Crippen molar-refractivity contribution in [3.05, 3.63) is 29.8 Å².